The van der Waals surface area contributed by atoms with Crippen LogP contribution < -0.4 is 11.4 Å². The van der Waals surface area contributed by atoms with Crippen molar-refractivity contribution in [1.29, 1.82) is 0 Å². The number of hydrogen-bond acceptors (Lipinski definition) is 3. The first-order chi connectivity index (χ1) is 5.24. The molecule has 0 aliphatic heterocycles. The molecule has 1 rings (SSSR count). The molecule has 60 valence electrons. The second kappa shape index (κ2) is 3.50. The van der Waals surface area contributed by atoms with E-state index < -0.39 is 0 Å². The summed E-state index contributed by atoms with van der Waals surface area (Å²) in [5, 5.41) is 0.443. The quantitative estimate of drug-likeness (QED) is 0.677. The Morgan fingerprint density at radius 3 is 3.09 bits per heavy atom. The monoisotopic (exact) mass is 173 g/mol. The Kier molecular flexibility index (Phi) is 2.62. The summed E-state index contributed by atoms with van der Waals surface area (Å²) in [6.45, 7) is 0.855. The van der Waals surface area contributed by atoms with Gasteiger partial charge in [-0.25, -0.2) is 9.78 Å². The summed E-state index contributed by atoms with van der Waals surface area (Å²) < 4.78 is 1.38. The molecule has 1 aromatic rings. The lowest BCUT2D eigenvalue weighted by Crippen LogP contribution is -2.25. The molecule has 0 bridgehead atoms. The first-order valence-corrected chi connectivity index (χ1v) is 3.54. The predicted octanol–water partition coefficient (Wildman–Crippen LogP) is -0.145. The molecule has 11 heavy (non-hydrogen) atoms. The van der Waals surface area contributed by atoms with Crippen LogP contribution in [-0.2, 0) is 6.54 Å². The predicted molar refractivity (Wildman–Crippen MR) is 42.6 cm³/mol. The number of rotatable bonds is 2. The normalized spacial score (nSPS) is 10.0. The molecule has 5 heteroatoms. The summed E-state index contributed by atoms with van der Waals surface area (Å²) in [5.74, 6) is 0. The van der Waals surface area contributed by atoms with Gasteiger partial charge in [-0.15, -0.1) is 0 Å². The second-order valence-corrected chi connectivity index (χ2v) is 2.47. The van der Waals surface area contributed by atoms with Crippen molar-refractivity contribution in [2.45, 2.75) is 6.54 Å². The summed E-state index contributed by atoms with van der Waals surface area (Å²) in [5.41, 5.74) is 4.93. The molecule has 1 heterocycles. The first-order valence-electron chi connectivity index (χ1n) is 3.16. The van der Waals surface area contributed by atoms with Crippen molar-refractivity contribution in [3.05, 3.63) is 27.9 Å². The van der Waals surface area contributed by atoms with Gasteiger partial charge in [-0.05, 0) is 0 Å². The Balaban J connectivity index is 3.03. The molecule has 4 nitrogen and oxygen atoms in total. The van der Waals surface area contributed by atoms with Gasteiger partial charge in [0.15, 0.2) is 0 Å². The van der Waals surface area contributed by atoms with E-state index in [4.69, 9.17) is 17.3 Å². The first kappa shape index (κ1) is 8.23. The van der Waals surface area contributed by atoms with E-state index in [0.29, 0.717) is 18.1 Å². The van der Waals surface area contributed by atoms with E-state index in [2.05, 4.69) is 4.98 Å². The van der Waals surface area contributed by atoms with E-state index in [1.807, 2.05) is 0 Å². The molecule has 1 aromatic heterocycles. The average molecular weight is 174 g/mol. The van der Waals surface area contributed by atoms with Crippen LogP contribution in [0.4, 0.5) is 0 Å². The SMILES string of the molecule is NCCn1cc(Cl)cnc1=O. The largest absolute Gasteiger partial charge is 0.347 e. The zero-order valence-electron chi connectivity index (χ0n) is 5.83. The number of nitrogens with zero attached hydrogens (tertiary/aromatic N) is 2. The van der Waals surface area contributed by atoms with Crippen molar-refractivity contribution in [2.24, 2.45) is 5.73 Å². The maximum Gasteiger partial charge on any atom is 0.347 e. The maximum atomic E-state index is 10.9. The summed E-state index contributed by atoms with van der Waals surface area (Å²) in [4.78, 5) is 14.4. The lowest BCUT2D eigenvalue weighted by molar-refractivity contribution is 0.659. The van der Waals surface area contributed by atoms with Crippen molar-refractivity contribution in [2.75, 3.05) is 6.54 Å². The smallest absolute Gasteiger partial charge is 0.329 e. The minimum atomic E-state index is -0.320. The van der Waals surface area contributed by atoms with Crippen molar-refractivity contribution in [3.63, 3.8) is 0 Å². The van der Waals surface area contributed by atoms with Crippen LogP contribution in [-0.4, -0.2) is 16.1 Å². The van der Waals surface area contributed by atoms with Gasteiger partial charge in [0.2, 0.25) is 0 Å². The van der Waals surface area contributed by atoms with Gasteiger partial charge < -0.3 is 5.73 Å². The van der Waals surface area contributed by atoms with E-state index in [0.717, 1.165) is 0 Å². The summed E-state index contributed by atoms with van der Waals surface area (Å²) in [7, 11) is 0. The van der Waals surface area contributed by atoms with Gasteiger partial charge in [-0.3, -0.25) is 4.57 Å². The van der Waals surface area contributed by atoms with Crippen molar-refractivity contribution >= 4 is 11.6 Å². The molecule has 0 aliphatic rings. The zero-order valence-corrected chi connectivity index (χ0v) is 6.58. The van der Waals surface area contributed by atoms with Gasteiger partial charge in [0.1, 0.15) is 0 Å². The van der Waals surface area contributed by atoms with Crippen LogP contribution in [0.1, 0.15) is 0 Å². The van der Waals surface area contributed by atoms with Gasteiger partial charge in [0.05, 0.1) is 11.2 Å². The van der Waals surface area contributed by atoms with Gasteiger partial charge >= 0.3 is 5.69 Å². The molecule has 0 saturated carbocycles. The number of nitrogens with two attached hydrogens (primary N) is 1. The average Bonchev–Trinajstić information content (AvgIpc) is 1.98. The van der Waals surface area contributed by atoms with Gasteiger partial charge in [-0.1, -0.05) is 11.6 Å². The van der Waals surface area contributed by atoms with Crippen molar-refractivity contribution in [3.8, 4) is 0 Å². The Bertz CT molecular complexity index is 296. The fraction of sp³-hybridized carbons (Fsp3) is 0.333. The van der Waals surface area contributed by atoms with E-state index in [9.17, 15) is 4.79 Å². The molecule has 0 aliphatic carbocycles. The molecule has 0 spiro atoms. The van der Waals surface area contributed by atoms with Crippen LogP contribution in [0.5, 0.6) is 0 Å². The highest BCUT2D eigenvalue weighted by molar-refractivity contribution is 6.30. The van der Waals surface area contributed by atoms with Crippen LogP contribution in [0.3, 0.4) is 0 Å². The lowest BCUT2D eigenvalue weighted by Gasteiger charge is -2.00. The van der Waals surface area contributed by atoms with E-state index >= 15 is 0 Å². The van der Waals surface area contributed by atoms with E-state index in [1.54, 1.807) is 0 Å². The fourth-order valence-corrected chi connectivity index (χ4v) is 0.894. The second-order valence-electron chi connectivity index (χ2n) is 2.04. The standard InChI is InChI=1S/C6H8ClN3O/c7-5-3-9-6(11)10(4-5)2-1-8/h3-4H,1-2,8H2. The maximum absolute atomic E-state index is 10.9. The Morgan fingerprint density at radius 1 is 1.73 bits per heavy atom. The van der Waals surface area contributed by atoms with E-state index in [-0.39, 0.29) is 5.69 Å². The summed E-state index contributed by atoms with van der Waals surface area (Å²) in [6, 6.07) is 0. The van der Waals surface area contributed by atoms with Gasteiger partial charge in [0.25, 0.3) is 0 Å². The molecule has 0 fully saturated rings. The van der Waals surface area contributed by atoms with Crippen LogP contribution in [0, 0.1) is 0 Å². The Morgan fingerprint density at radius 2 is 2.45 bits per heavy atom. The number of halogens is 1. The minimum absolute atomic E-state index is 0.320. The molecular weight excluding hydrogens is 166 g/mol. The fourth-order valence-electron chi connectivity index (χ4n) is 0.728. The highest BCUT2D eigenvalue weighted by Crippen LogP contribution is 2.00. The third-order valence-corrected chi connectivity index (χ3v) is 1.39. The van der Waals surface area contributed by atoms with Gasteiger partial charge in [-0.2, -0.15) is 0 Å². The van der Waals surface area contributed by atoms with Gasteiger partial charge in [0, 0.05) is 19.3 Å². The molecule has 2 N–H and O–H groups in total. The number of aromatic nitrogens is 2. The van der Waals surface area contributed by atoms with E-state index in [1.165, 1.54) is 17.0 Å². The minimum Gasteiger partial charge on any atom is -0.329 e. The highest BCUT2D eigenvalue weighted by Gasteiger charge is 1.95. The molecule has 0 radical (unpaired) electrons. The molecular formula is C6H8ClN3O. The summed E-state index contributed by atoms with van der Waals surface area (Å²) >= 11 is 5.59. The topological polar surface area (TPSA) is 60.9 Å². The third kappa shape index (κ3) is 2.03. The molecule has 0 unspecified atom stereocenters. The van der Waals surface area contributed by atoms with Crippen LogP contribution in [0.2, 0.25) is 5.02 Å². The Hall–Kier alpha value is -0.870. The van der Waals surface area contributed by atoms with Crippen molar-refractivity contribution < 1.29 is 0 Å². The van der Waals surface area contributed by atoms with Crippen LogP contribution in [0.15, 0.2) is 17.2 Å². The van der Waals surface area contributed by atoms with Crippen LogP contribution >= 0.6 is 11.6 Å². The lowest BCUT2D eigenvalue weighted by atomic mass is 10.6. The van der Waals surface area contributed by atoms with Crippen molar-refractivity contribution in [1.82, 2.24) is 9.55 Å². The molecule has 0 amide bonds. The molecule has 0 atom stereocenters. The van der Waals surface area contributed by atoms with Crippen LogP contribution in [0.25, 0.3) is 0 Å². The third-order valence-electron chi connectivity index (χ3n) is 1.19. The highest BCUT2D eigenvalue weighted by atomic mass is 35.5. The molecule has 0 aromatic carbocycles. The zero-order chi connectivity index (χ0) is 8.27. The number of hydrogen-bond donors (Lipinski definition) is 1. The Labute approximate surface area is 68.6 Å². The summed E-state index contributed by atoms with van der Waals surface area (Å²) in [6.07, 6.45) is 2.83. The molecule has 0 saturated heterocycles.